The molecule has 0 bridgehead atoms. The van der Waals surface area contributed by atoms with Gasteiger partial charge >= 0.3 is 5.97 Å². The molecule has 1 atom stereocenters. The van der Waals surface area contributed by atoms with Gasteiger partial charge in [0.05, 0.1) is 12.3 Å². The van der Waals surface area contributed by atoms with Crippen LogP contribution in [0.15, 0.2) is 36.7 Å². The Kier molecular flexibility index (Phi) is 3.18. The topological polar surface area (TPSA) is 68.0 Å². The fourth-order valence-electron chi connectivity index (χ4n) is 1.84. The first-order chi connectivity index (χ1) is 8.18. The smallest absolute Gasteiger partial charge is 0.304 e. The molecule has 5 heteroatoms. The van der Waals surface area contributed by atoms with E-state index in [1.807, 2.05) is 30.3 Å². The molecule has 0 aliphatic rings. The van der Waals surface area contributed by atoms with E-state index in [9.17, 15) is 4.79 Å². The van der Waals surface area contributed by atoms with E-state index in [1.54, 1.807) is 11.7 Å². The first-order valence-electron chi connectivity index (χ1n) is 5.29. The zero-order chi connectivity index (χ0) is 12.3. The van der Waals surface area contributed by atoms with Crippen molar-refractivity contribution < 1.29 is 9.90 Å². The van der Waals surface area contributed by atoms with Crippen LogP contribution in [0.1, 0.15) is 23.7 Å². The van der Waals surface area contributed by atoms with Gasteiger partial charge in [-0.25, -0.2) is 4.98 Å². The molecule has 0 saturated heterocycles. The summed E-state index contributed by atoms with van der Waals surface area (Å²) < 4.78 is 1.61. The molecule has 2 rings (SSSR count). The normalized spacial score (nSPS) is 12.3. The number of hydrogen-bond acceptors (Lipinski definition) is 3. The Hall–Kier alpha value is -2.17. The number of aliphatic carboxylic acids is 1. The maximum Gasteiger partial charge on any atom is 0.304 e. The predicted molar refractivity (Wildman–Crippen MR) is 61.5 cm³/mol. The lowest BCUT2D eigenvalue weighted by atomic mass is 9.95. The Morgan fingerprint density at radius 3 is 2.65 bits per heavy atom. The fourth-order valence-corrected chi connectivity index (χ4v) is 1.84. The summed E-state index contributed by atoms with van der Waals surface area (Å²) in [6.45, 7) is 0. The van der Waals surface area contributed by atoms with Crippen molar-refractivity contribution in [3.63, 3.8) is 0 Å². The molecule has 5 nitrogen and oxygen atoms in total. The molecular formula is C12H13N3O2. The second-order valence-corrected chi connectivity index (χ2v) is 3.80. The van der Waals surface area contributed by atoms with E-state index in [0.717, 1.165) is 5.56 Å². The number of aromatic nitrogens is 3. The number of rotatable bonds is 4. The van der Waals surface area contributed by atoms with Crippen molar-refractivity contribution in [3.8, 4) is 0 Å². The Morgan fingerprint density at radius 1 is 1.41 bits per heavy atom. The molecule has 1 heterocycles. The van der Waals surface area contributed by atoms with Crippen LogP contribution < -0.4 is 0 Å². The number of aryl methyl sites for hydroxylation is 1. The number of carboxylic acid groups (broad SMARTS) is 1. The first-order valence-corrected chi connectivity index (χ1v) is 5.29. The molecule has 0 saturated carbocycles. The Labute approximate surface area is 98.7 Å². The number of carboxylic acids is 1. The quantitative estimate of drug-likeness (QED) is 0.864. The highest BCUT2D eigenvalue weighted by molar-refractivity contribution is 5.68. The van der Waals surface area contributed by atoms with Gasteiger partial charge in [-0.05, 0) is 5.56 Å². The van der Waals surface area contributed by atoms with E-state index in [-0.39, 0.29) is 12.3 Å². The maximum absolute atomic E-state index is 10.9. The van der Waals surface area contributed by atoms with Gasteiger partial charge in [0.15, 0.2) is 0 Å². The van der Waals surface area contributed by atoms with Crippen molar-refractivity contribution in [2.24, 2.45) is 7.05 Å². The standard InChI is InChI=1S/C12H13N3O2/c1-15-12(13-8-14-15)10(7-11(16)17)9-5-3-2-4-6-9/h2-6,8,10H,7H2,1H3,(H,16,17). The van der Waals surface area contributed by atoms with E-state index in [0.29, 0.717) is 5.82 Å². The second-order valence-electron chi connectivity index (χ2n) is 3.80. The Morgan fingerprint density at radius 2 is 2.12 bits per heavy atom. The van der Waals surface area contributed by atoms with Gasteiger partial charge < -0.3 is 5.11 Å². The SMILES string of the molecule is Cn1ncnc1C(CC(=O)O)c1ccccc1. The molecule has 1 N–H and O–H groups in total. The van der Waals surface area contributed by atoms with E-state index < -0.39 is 5.97 Å². The minimum absolute atomic E-state index is 0.0105. The van der Waals surface area contributed by atoms with Crippen molar-refractivity contribution in [1.82, 2.24) is 14.8 Å². The van der Waals surface area contributed by atoms with Gasteiger partial charge in [0, 0.05) is 7.05 Å². The second kappa shape index (κ2) is 4.78. The minimum atomic E-state index is -0.846. The molecule has 0 amide bonds. The number of benzene rings is 1. The summed E-state index contributed by atoms with van der Waals surface area (Å²) in [4.78, 5) is 15.1. The summed E-state index contributed by atoms with van der Waals surface area (Å²) in [6.07, 6.45) is 1.45. The van der Waals surface area contributed by atoms with E-state index in [1.165, 1.54) is 6.33 Å². The van der Waals surface area contributed by atoms with Gasteiger partial charge in [-0.15, -0.1) is 0 Å². The zero-order valence-electron chi connectivity index (χ0n) is 9.45. The fraction of sp³-hybridized carbons (Fsp3) is 0.250. The molecular weight excluding hydrogens is 218 g/mol. The molecule has 1 aromatic heterocycles. The third-order valence-corrected chi connectivity index (χ3v) is 2.64. The first kappa shape index (κ1) is 11.3. The number of nitrogens with zero attached hydrogens (tertiary/aromatic N) is 3. The van der Waals surface area contributed by atoms with Crippen molar-refractivity contribution >= 4 is 5.97 Å². The molecule has 0 aliphatic heterocycles. The molecule has 0 fully saturated rings. The van der Waals surface area contributed by atoms with Crippen LogP contribution >= 0.6 is 0 Å². The van der Waals surface area contributed by atoms with Crippen LogP contribution in [-0.2, 0) is 11.8 Å². The summed E-state index contributed by atoms with van der Waals surface area (Å²) in [5, 5.41) is 13.0. The predicted octanol–water partition coefficient (Wildman–Crippen LogP) is 1.42. The van der Waals surface area contributed by atoms with Crippen molar-refractivity contribution in [1.29, 1.82) is 0 Å². The van der Waals surface area contributed by atoms with Crippen LogP contribution in [0.4, 0.5) is 0 Å². The minimum Gasteiger partial charge on any atom is -0.481 e. The summed E-state index contributed by atoms with van der Waals surface area (Å²) in [7, 11) is 1.76. The van der Waals surface area contributed by atoms with Crippen LogP contribution in [-0.4, -0.2) is 25.8 Å². The van der Waals surface area contributed by atoms with Crippen molar-refractivity contribution in [2.45, 2.75) is 12.3 Å². The average Bonchev–Trinajstić information content (AvgIpc) is 2.73. The highest BCUT2D eigenvalue weighted by Gasteiger charge is 2.21. The molecule has 2 aromatic rings. The Bertz CT molecular complexity index is 507. The highest BCUT2D eigenvalue weighted by Crippen LogP contribution is 2.25. The summed E-state index contributed by atoms with van der Waals surface area (Å²) in [5.41, 5.74) is 0.936. The molecule has 1 unspecified atom stereocenters. The van der Waals surface area contributed by atoms with Crippen LogP contribution in [0.3, 0.4) is 0 Å². The largest absolute Gasteiger partial charge is 0.481 e. The maximum atomic E-state index is 10.9. The van der Waals surface area contributed by atoms with Gasteiger partial charge in [-0.3, -0.25) is 9.48 Å². The Balaban J connectivity index is 2.39. The van der Waals surface area contributed by atoms with Gasteiger partial charge in [0.25, 0.3) is 0 Å². The molecule has 0 spiro atoms. The van der Waals surface area contributed by atoms with Crippen molar-refractivity contribution in [3.05, 3.63) is 48.0 Å². The van der Waals surface area contributed by atoms with Gasteiger partial charge in [-0.1, -0.05) is 30.3 Å². The summed E-state index contributed by atoms with van der Waals surface area (Å²) >= 11 is 0. The lowest BCUT2D eigenvalue weighted by Crippen LogP contribution is -2.13. The van der Waals surface area contributed by atoms with Gasteiger partial charge in [0.2, 0.25) is 0 Å². The molecule has 88 valence electrons. The number of hydrogen-bond donors (Lipinski definition) is 1. The van der Waals surface area contributed by atoms with Crippen LogP contribution in [0.5, 0.6) is 0 Å². The highest BCUT2D eigenvalue weighted by atomic mass is 16.4. The molecule has 0 aliphatic carbocycles. The molecule has 1 aromatic carbocycles. The lowest BCUT2D eigenvalue weighted by molar-refractivity contribution is -0.137. The van der Waals surface area contributed by atoms with Crippen LogP contribution in [0.25, 0.3) is 0 Å². The average molecular weight is 231 g/mol. The van der Waals surface area contributed by atoms with E-state index in [4.69, 9.17) is 5.11 Å². The van der Waals surface area contributed by atoms with Gasteiger partial charge in [0.1, 0.15) is 12.2 Å². The molecule has 0 radical (unpaired) electrons. The monoisotopic (exact) mass is 231 g/mol. The van der Waals surface area contributed by atoms with Crippen LogP contribution in [0.2, 0.25) is 0 Å². The zero-order valence-corrected chi connectivity index (χ0v) is 9.45. The lowest BCUT2D eigenvalue weighted by Gasteiger charge is -2.14. The number of carbonyl (C=O) groups is 1. The molecule has 17 heavy (non-hydrogen) atoms. The third-order valence-electron chi connectivity index (χ3n) is 2.64. The summed E-state index contributed by atoms with van der Waals surface area (Å²) in [6, 6.07) is 9.49. The van der Waals surface area contributed by atoms with Crippen molar-refractivity contribution in [2.75, 3.05) is 0 Å². The van der Waals surface area contributed by atoms with Gasteiger partial charge in [-0.2, -0.15) is 5.10 Å². The summed E-state index contributed by atoms with van der Waals surface area (Å²) in [5.74, 6) is -0.443. The van der Waals surface area contributed by atoms with E-state index in [2.05, 4.69) is 10.1 Å². The van der Waals surface area contributed by atoms with E-state index >= 15 is 0 Å². The van der Waals surface area contributed by atoms with Crippen LogP contribution in [0, 0.1) is 0 Å². The third kappa shape index (κ3) is 2.50.